The van der Waals surface area contributed by atoms with Gasteiger partial charge in [0, 0.05) is 19.5 Å². The maximum atomic E-state index is 11.5. The highest BCUT2D eigenvalue weighted by atomic mass is 16.4. The third-order valence-corrected chi connectivity index (χ3v) is 2.59. The Balaban J connectivity index is 2.47. The Kier molecular flexibility index (Phi) is 3.92. The minimum absolute atomic E-state index is 0.0958. The van der Waals surface area contributed by atoms with Gasteiger partial charge in [-0.2, -0.15) is 0 Å². The minimum Gasteiger partial charge on any atom is -0.481 e. The molecule has 0 aromatic rings. The van der Waals surface area contributed by atoms with Crippen LogP contribution in [0, 0.1) is 5.92 Å². The van der Waals surface area contributed by atoms with Crippen molar-refractivity contribution in [1.82, 2.24) is 4.90 Å². The molecule has 1 amide bonds. The van der Waals surface area contributed by atoms with Gasteiger partial charge in [-0.1, -0.05) is 6.92 Å². The SMILES string of the molecule is CCCC(=O)N1CCC[C@@H](C(=O)O)C1. The molecule has 0 bridgehead atoms. The van der Waals surface area contributed by atoms with E-state index in [1.54, 1.807) is 4.90 Å². The van der Waals surface area contributed by atoms with Gasteiger partial charge in [0.15, 0.2) is 0 Å². The van der Waals surface area contributed by atoms with Crippen LogP contribution in [0.25, 0.3) is 0 Å². The predicted molar refractivity (Wildman–Crippen MR) is 51.8 cm³/mol. The van der Waals surface area contributed by atoms with E-state index in [-0.39, 0.29) is 11.8 Å². The van der Waals surface area contributed by atoms with Crippen molar-refractivity contribution < 1.29 is 14.7 Å². The molecule has 1 aliphatic rings. The van der Waals surface area contributed by atoms with E-state index in [0.717, 1.165) is 19.4 Å². The number of hydrogen-bond donors (Lipinski definition) is 1. The van der Waals surface area contributed by atoms with Crippen molar-refractivity contribution in [1.29, 1.82) is 0 Å². The number of carboxylic acids is 1. The lowest BCUT2D eigenvalue weighted by molar-refractivity contribution is -0.145. The van der Waals surface area contributed by atoms with Gasteiger partial charge < -0.3 is 10.0 Å². The Labute approximate surface area is 83.9 Å². The van der Waals surface area contributed by atoms with Crippen LogP contribution < -0.4 is 0 Å². The smallest absolute Gasteiger partial charge is 0.308 e. The summed E-state index contributed by atoms with van der Waals surface area (Å²) in [6.45, 7) is 3.08. The van der Waals surface area contributed by atoms with Gasteiger partial charge in [0.1, 0.15) is 0 Å². The molecule has 14 heavy (non-hydrogen) atoms. The number of aliphatic carboxylic acids is 1. The van der Waals surface area contributed by atoms with Crippen LogP contribution >= 0.6 is 0 Å². The number of carbonyl (C=O) groups is 2. The van der Waals surface area contributed by atoms with Gasteiger partial charge in [-0.15, -0.1) is 0 Å². The molecule has 1 saturated heterocycles. The molecular weight excluding hydrogens is 182 g/mol. The predicted octanol–water partition coefficient (Wildman–Crippen LogP) is 1.11. The summed E-state index contributed by atoms with van der Waals surface area (Å²) in [7, 11) is 0. The van der Waals surface area contributed by atoms with Crippen LogP contribution in [0.15, 0.2) is 0 Å². The number of hydrogen-bond acceptors (Lipinski definition) is 2. The second-order valence-corrected chi connectivity index (χ2v) is 3.77. The largest absolute Gasteiger partial charge is 0.481 e. The molecule has 0 radical (unpaired) electrons. The monoisotopic (exact) mass is 199 g/mol. The number of carbonyl (C=O) groups excluding carboxylic acids is 1. The average Bonchev–Trinajstić information content (AvgIpc) is 2.18. The highest BCUT2D eigenvalue weighted by Gasteiger charge is 2.27. The summed E-state index contributed by atoms with van der Waals surface area (Å²) in [6.07, 6.45) is 2.87. The minimum atomic E-state index is -0.779. The van der Waals surface area contributed by atoms with Crippen LogP contribution in [0.5, 0.6) is 0 Å². The molecule has 1 atom stereocenters. The van der Waals surface area contributed by atoms with Gasteiger partial charge in [-0.3, -0.25) is 9.59 Å². The first-order valence-corrected chi connectivity index (χ1v) is 5.15. The summed E-state index contributed by atoms with van der Waals surface area (Å²) >= 11 is 0. The van der Waals surface area contributed by atoms with E-state index in [1.165, 1.54) is 0 Å². The second-order valence-electron chi connectivity index (χ2n) is 3.77. The summed E-state index contributed by atoms with van der Waals surface area (Å²) in [5.74, 6) is -1.04. The number of amides is 1. The van der Waals surface area contributed by atoms with Crippen LogP contribution in [-0.4, -0.2) is 35.0 Å². The molecule has 1 rings (SSSR count). The summed E-state index contributed by atoms with van der Waals surface area (Å²) in [6, 6.07) is 0. The van der Waals surface area contributed by atoms with E-state index in [9.17, 15) is 9.59 Å². The molecule has 4 nitrogen and oxygen atoms in total. The van der Waals surface area contributed by atoms with Gasteiger partial charge >= 0.3 is 5.97 Å². The topological polar surface area (TPSA) is 57.6 Å². The third kappa shape index (κ3) is 2.72. The quantitative estimate of drug-likeness (QED) is 0.740. The fourth-order valence-electron chi connectivity index (χ4n) is 1.78. The Hall–Kier alpha value is -1.06. The zero-order valence-corrected chi connectivity index (χ0v) is 8.53. The zero-order valence-electron chi connectivity index (χ0n) is 8.53. The van der Waals surface area contributed by atoms with Crippen molar-refractivity contribution in [3.63, 3.8) is 0 Å². The van der Waals surface area contributed by atoms with E-state index in [1.807, 2.05) is 6.92 Å². The molecular formula is C10H17NO3. The van der Waals surface area contributed by atoms with Crippen LogP contribution in [0.2, 0.25) is 0 Å². The van der Waals surface area contributed by atoms with Crippen LogP contribution in [0.1, 0.15) is 32.6 Å². The number of carboxylic acid groups (broad SMARTS) is 1. The summed E-state index contributed by atoms with van der Waals surface area (Å²) in [5.41, 5.74) is 0. The molecule has 1 heterocycles. The average molecular weight is 199 g/mol. The molecule has 0 spiro atoms. The molecule has 1 aliphatic heterocycles. The lowest BCUT2D eigenvalue weighted by atomic mass is 9.98. The second kappa shape index (κ2) is 4.98. The van der Waals surface area contributed by atoms with Gasteiger partial charge in [-0.05, 0) is 19.3 Å². The van der Waals surface area contributed by atoms with E-state index in [0.29, 0.717) is 19.4 Å². The Morgan fingerprint density at radius 3 is 2.79 bits per heavy atom. The first kappa shape index (κ1) is 11.0. The molecule has 0 aromatic carbocycles. The van der Waals surface area contributed by atoms with E-state index in [4.69, 9.17) is 5.11 Å². The van der Waals surface area contributed by atoms with Crippen LogP contribution in [0.3, 0.4) is 0 Å². The molecule has 0 aliphatic carbocycles. The Bertz CT molecular complexity index is 227. The third-order valence-electron chi connectivity index (χ3n) is 2.59. The summed E-state index contributed by atoms with van der Waals surface area (Å²) < 4.78 is 0. The van der Waals surface area contributed by atoms with Gasteiger partial charge in [0.05, 0.1) is 5.92 Å². The molecule has 0 aromatic heterocycles. The van der Waals surface area contributed by atoms with Crippen molar-refractivity contribution in [2.75, 3.05) is 13.1 Å². The fraction of sp³-hybridized carbons (Fsp3) is 0.800. The van der Waals surface area contributed by atoms with Gasteiger partial charge in [0.2, 0.25) is 5.91 Å². The van der Waals surface area contributed by atoms with Crippen molar-refractivity contribution in [3.05, 3.63) is 0 Å². The fourth-order valence-corrected chi connectivity index (χ4v) is 1.78. The number of nitrogens with zero attached hydrogens (tertiary/aromatic N) is 1. The summed E-state index contributed by atoms with van der Waals surface area (Å²) in [5, 5.41) is 8.83. The van der Waals surface area contributed by atoms with Crippen molar-refractivity contribution in [2.45, 2.75) is 32.6 Å². The maximum absolute atomic E-state index is 11.5. The molecule has 1 fully saturated rings. The maximum Gasteiger partial charge on any atom is 0.308 e. The zero-order chi connectivity index (χ0) is 10.6. The normalized spacial score (nSPS) is 22.1. The molecule has 0 unspecified atom stereocenters. The highest BCUT2D eigenvalue weighted by Crippen LogP contribution is 2.17. The lowest BCUT2D eigenvalue weighted by Crippen LogP contribution is -2.42. The Morgan fingerprint density at radius 1 is 1.50 bits per heavy atom. The van der Waals surface area contributed by atoms with E-state index < -0.39 is 5.97 Å². The number of likely N-dealkylation sites (tertiary alicyclic amines) is 1. The number of rotatable bonds is 3. The standard InChI is InChI=1S/C10H17NO3/c1-2-4-9(12)11-6-3-5-8(7-11)10(13)14/h8H,2-7H2,1H3,(H,13,14)/t8-/m1/s1. The molecule has 1 N–H and O–H groups in total. The van der Waals surface area contributed by atoms with E-state index in [2.05, 4.69) is 0 Å². The molecule has 4 heteroatoms. The van der Waals surface area contributed by atoms with E-state index >= 15 is 0 Å². The van der Waals surface area contributed by atoms with Crippen LogP contribution in [-0.2, 0) is 9.59 Å². The van der Waals surface area contributed by atoms with Crippen molar-refractivity contribution in [2.24, 2.45) is 5.92 Å². The van der Waals surface area contributed by atoms with Crippen molar-refractivity contribution >= 4 is 11.9 Å². The van der Waals surface area contributed by atoms with Crippen LogP contribution in [0.4, 0.5) is 0 Å². The first-order valence-electron chi connectivity index (χ1n) is 5.15. The van der Waals surface area contributed by atoms with Crippen molar-refractivity contribution in [3.8, 4) is 0 Å². The molecule has 80 valence electrons. The van der Waals surface area contributed by atoms with Gasteiger partial charge in [0.25, 0.3) is 0 Å². The molecule has 0 saturated carbocycles. The first-order chi connectivity index (χ1) is 6.65. The van der Waals surface area contributed by atoms with Gasteiger partial charge in [-0.25, -0.2) is 0 Å². The Morgan fingerprint density at radius 2 is 2.21 bits per heavy atom. The highest BCUT2D eigenvalue weighted by molar-refractivity contribution is 5.77. The summed E-state index contributed by atoms with van der Waals surface area (Å²) in [4.78, 5) is 23.9. The number of piperidine rings is 1. The lowest BCUT2D eigenvalue weighted by Gasteiger charge is -2.30.